The molecule has 0 aromatic rings. The SMILES string of the molecule is O=C1CCCC[C@@H]1F. The molecule has 0 heterocycles. The predicted molar refractivity (Wildman–Crippen MR) is 28.4 cm³/mol. The highest BCUT2D eigenvalue weighted by Gasteiger charge is 2.20. The zero-order valence-corrected chi connectivity index (χ0v) is 4.69. The van der Waals surface area contributed by atoms with E-state index in [0.717, 1.165) is 12.8 Å². The molecular weight excluding hydrogens is 107 g/mol. The van der Waals surface area contributed by atoms with Gasteiger partial charge in [0.1, 0.15) is 0 Å². The van der Waals surface area contributed by atoms with Gasteiger partial charge in [-0.2, -0.15) is 0 Å². The lowest BCUT2D eigenvalue weighted by molar-refractivity contribution is -0.125. The van der Waals surface area contributed by atoms with Crippen LogP contribution in [0.5, 0.6) is 0 Å². The highest BCUT2D eigenvalue weighted by Crippen LogP contribution is 2.16. The number of hydrogen-bond acceptors (Lipinski definition) is 1. The average molecular weight is 116 g/mol. The van der Waals surface area contributed by atoms with Gasteiger partial charge in [-0.15, -0.1) is 0 Å². The molecule has 0 N–H and O–H groups in total. The summed E-state index contributed by atoms with van der Waals surface area (Å²) in [5.74, 6) is -0.198. The number of ketones is 1. The second kappa shape index (κ2) is 2.25. The smallest absolute Gasteiger partial charge is 0.166 e. The van der Waals surface area contributed by atoms with E-state index in [4.69, 9.17) is 0 Å². The van der Waals surface area contributed by atoms with Crippen LogP contribution in [0.25, 0.3) is 0 Å². The summed E-state index contributed by atoms with van der Waals surface area (Å²) >= 11 is 0. The van der Waals surface area contributed by atoms with Crippen molar-refractivity contribution in [3.8, 4) is 0 Å². The molecule has 8 heavy (non-hydrogen) atoms. The van der Waals surface area contributed by atoms with Crippen molar-refractivity contribution < 1.29 is 9.18 Å². The van der Waals surface area contributed by atoms with Gasteiger partial charge >= 0.3 is 0 Å². The van der Waals surface area contributed by atoms with Crippen molar-refractivity contribution in [2.24, 2.45) is 0 Å². The number of hydrogen-bond donors (Lipinski definition) is 0. The highest BCUT2D eigenvalue weighted by molar-refractivity contribution is 5.83. The first kappa shape index (κ1) is 5.73. The molecule has 1 aliphatic rings. The molecule has 0 bridgehead atoms. The topological polar surface area (TPSA) is 17.1 Å². The summed E-state index contributed by atoms with van der Waals surface area (Å²) < 4.78 is 12.2. The van der Waals surface area contributed by atoms with Crippen LogP contribution >= 0.6 is 0 Å². The van der Waals surface area contributed by atoms with Crippen molar-refractivity contribution in [1.29, 1.82) is 0 Å². The third-order valence-electron chi connectivity index (χ3n) is 1.48. The Hall–Kier alpha value is -0.400. The van der Waals surface area contributed by atoms with Crippen molar-refractivity contribution in [3.63, 3.8) is 0 Å². The van der Waals surface area contributed by atoms with E-state index in [9.17, 15) is 9.18 Å². The van der Waals surface area contributed by atoms with Crippen molar-refractivity contribution in [1.82, 2.24) is 0 Å². The Morgan fingerprint density at radius 3 is 2.62 bits per heavy atom. The fourth-order valence-electron chi connectivity index (χ4n) is 0.940. The van der Waals surface area contributed by atoms with Crippen molar-refractivity contribution in [3.05, 3.63) is 0 Å². The molecule has 0 amide bonds. The zero-order chi connectivity index (χ0) is 5.98. The molecule has 1 nitrogen and oxygen atoms in total. The van der Waals surface area contributed by atoms with Crippen molar-refractivity contribution in [2.45, 2.75) is 31.9 Å². The fraction of sp³-hybridized carbons (Fsp3) is 0.833. The minimum atomic E-state index is -1.14. The van der Waals surface area contributed by atoms with Gasteiger partial charge in [-0.3, -0.25) is 4.79 Å². The van der Waals surface area contributed by atoms with E-state index in [-0.39, 0.29) is 5.78 Å². The van der Waals surface area contributed by atoms with E-state index < -0.39 is 6.17 Å². The Bertz CT molecular complexity index is 101. The maximum Gasteiger partial charge on any atom is 0.166 e. The Morgan fingerprint density at radius 1 is 1.50 bits per heavy atom. The van der Waals surface area contributed by atoms with Gasteiger partial charge in [0.15, 0.2) is 12.0 Å². The molecule has 1 atom stereocenters. The van der Waals surface area contributed by atoms with Gasteiger partial charge in [-0.05, 0) is 19.3 Å². The third-order valence-corrected chi connectivity index (χ3v) is 1.48. The van der Waals surface area contributed by atoms with Crippen LogP contribution in [0, 0.1) is 0 Å². The molecule has 0 aromatic heterocycles. The standard InChI is InChI=1S/C6H9FO/c7-5-3-1-2-4-6(5)8/h5H,1-4H2/t5-/m0/s1. The Morgan fingerprint density at radius 2 is 2.25 bits per heavy atom. The highest BCUT2D eigenvalue weighted by atomic mass is 19.1. The molecule has 1 aliphatic carbocycles. The monoisotopic (exact) mass is 116 g/mol. The van der Waals surface area contributed by atoms with Crippen LogP contribution in [0.15, 0.2) is 0 Å². The number of alkyl halides is 1. The summed E-state index contributed by atoms with van der Waals surface area (Å²) in [6.07, 6.45) is 1.55. The van der Waals surface area contributed by atoms with Gasteiger partial charge in [0.2, 0.25) is 0 Å². The second-order valence-electron chi connectivity index (χ2n) is 2.18. The van der Waals surface area contributed by atoms with E-state index in [1.807, 2.05) is 0 Å². The summed E-state index contributed by atoms with van der Waals surface area (Å²) in [5, 5.41) is 0. The molecule has 1 fully saturated rings. The molecule has 0 unspecified atom stereocenters. The first-order valence-corrected chi connectivity index (χ1v) is 2.97. The first-order valence-electron chi connectivity index (χ1n) is 2.97. The molecule has 0 aromatic carbocycles. The van der Waals surface area contributed by atoms with Crippen LogP contribution in [0.2, 0.25) is 0 Å². The summed E-state index contributed by atoms with van der Waals surface area (Å²) in [5.41, 5.74) is 0. The maximum absolute atomic E-state index is 12.2. The van der Waals surface area contributed by atoms with E-state index in [0.29, 0.717) is 12.8 Å². The minimum absolute atomic E-state index is 0.198. The predicted octanol–water partition coefficient (Wildman–Crippen LogP) is 1.47. The van der Waals surface area contributed by atoms with E-state index in [2.05, 4.69) is 0 Å². The number of rotatable bonds is 0. The van der Waals surface area contributed by atoms with Crippen LogP contribution in [-0.2, 0) is 4.79 Å². The summed E-state index contributed by atoms with van der Waals surface area (Å²) in [4.78, 5) is 10.4. The normalized spacial score (nSPS) is 30.6. The Balaban J connectivity index is 2.39. The maximum atomic E-state index is 12.2. The van der Waals surface area contributed by atoms with Gasteiger partial charge < -0.3 is 0 Å². The summed E-state index contributed by atoms with van der Waals surface area (Å²) in [7, 11) is 0. The number of carbonyl (C=O) groups is 1. The van der Waals surface area contributed by atoms with Gasteiger partial charge in [0, 0.05) is 6.42 Å². The number of halogens is 1. The zero-order valence-electron chi connectivity index (χ0n) is 4.69. The molecule has 0 saturated heterocycles. The molecule has 1 saturated carbocycles. The Kier molecular flexibility index (Phi) is 1.61. The van der Waals surface area contributed by atoms with Crippen molar-refractivity contribution >= 4 is 5.78 Å². The lowest BCUT2D eigenvalue weighted by atomic mass is 9.98. The molecular formula is C6H9FO. The van der Waals surface area contributed by atoms with Gasteiger partial charge in [-0.1, -0.05) is 0 Å². The molecule has 46 valence electrons. The quantitative estimate of drug-likeness (QED) is 0.468. The second-order valence-corrected chi connectivity index (χ2v) is 2.18. The van der Waals surface area contributed by atoms with Crippen LogP contribution in [0.1, 0.15) is 25.7 Å². The molecule has 2 heteroatoms. The summed E-state index contributed by atoms with van der Waals surface area (Å²) in [6.45, 7) is 0. The van der Waals surface area contributed by atoms with Gasteiger partial charge in [-0.25, -0.2) is 4.39 Å². The lowest BCUT2D eigenvalue weighted by Gasteiger charge is -2.11. The van der Waals surface area contributed by atoms with Crippen LogP contribution in [-0.4, -0.2) is 12.0 Å². The van der Waals surface area contributed by atoms with Crippen LogP contribution in [0.3, 0.4) is 0 Å². The Labute approximate surface area is 47.9 Å². The third kappa shape index (κ3) is 1.05. The summed E-state index contributed by atoms with van der Waals surface area (Å²) in [6, 6.07) is 0. The number of Topliss-reactive ketones (excluding diaryl/α,β-unsaturated/α-hetero) is 1. The van der Waals surface area contributed by atoms with E-state index in [1.54, 1.807) is 0 Å². The lowest BCUT2D eigenvalue weighted by Crippen LogP contribution is -2.19. The van der Waals surface area contributed by atoms with E-state index >= 15 is 0 Å². The minimum Gasteiger partial charge on any atom is -0.296 e. The van der Waals surface area contributed by atoms with Crippen molar-refractivity contribution in [2.75, 3.05) is 0 Å². The molecule has 0 radical (unpaired) electrons. The van der Waals surface area contributed by atoms with Gasteiger partial charge in [0.05, 0.1) is 0 Å². The van der Waals surface area contributed by atoms with Crippen LogP contribution in [0.4, 0.5) is 4.39 Å². The van der Waals surface area contributed by atoms with Gasteiger partial charge in [0.25, 0.3) is 0 Å². The first-order chi connectivity index (χ1) is 3.80. The molecule has 1 rings (SSSR count). The van der Waals surface area contributed by atoms with Crippen LogP contribution < -0.4 is 0 Å². The number of carbonyl (C=O) groups excluding carboxylic acids is 1. The molecule has 0 aliphatic heterocycles. The van der Waals surface area contributed by atoms with E-state index in [1.165, 1.54) is 0 Å². The average Bonchev–Trinajstić information content (AvgIpc) is 1.77. The fourth-order valence-corrected chi connectivity index (χ4v) is 0.940. The molecule has 0 spiro atoms. The largest absolute Gasteiger partial charge is 0.296 e.